The topological polar surface area (TPSA) is 26.0 Å². The molecule has 0 fully saturated rings. The van der Waals surface area contributed by atoms with E-state index in [1.54, 1.807) is 0 Å². The average Bonchev–Trinajstić information content (AvgIpc) is 2.30. The highest BCUT2D eigenvalue weighted by molar-refractivity contribution is 5.30. The zero-order valence-corrected chi connectivity index (χ0v) is 9.37. The Labute approximate surface area is 92.0 Å². The van der Waals surface area contributed by atoms with Crippen LogP contribution in [0.3, 0.4) is 0 Å². The predicted molar refractivity (Wildman–Crippen MR) is 64.7 cm³/mol. The third kappa shape index (κ3) is 2.48. The molecule has 0 spiro atoms. The number of benzene rings is 1. The van der Waals surface area contributed by atoms with Gasteiger partial charge in [-0.1, -0.05) is 41.5 Å². The van der Waals surface area contributed by atoms with Gasteiger partial charge >= 0.3 is 0 Å². The highest BCUT2D eigenvalue weighted by Gasteiger charge is 2.13. The van der Waals surface area contributed by atoms with E-state index in [4.69, 9.17) is 5.73 Å². The molecule has 0 radical (unpaired) electrons. The van der Waals surface area contributed by atoms with E-state index in [-0.39, 0.29) is 6.04 Å². The molecule has 1 aliphatic rings. The van der Waals surface area contributed by atoms with Crippen molar-refractivity contribution < 1.29 is 0 Å². The summed E-state index contributed by atoms with van der Waals surface area (Å²) in [5, 5.41) is 0. The minimum Gasteiger partial charge on any atom is -0.321 e. The molecule has 2 N–H and O–H groups in total. The number of rotatable bonds is 2. The number of hydrogen-bond donors (Lipinski definition) is 1. The quantitative estimate of drug-likeness (QED) is 0.728. The number of aryl methyl sites for hydroxylation is 1. The molecule has 0 saturated heterocycles. The zero-order chi connectivity index (χ0) is 10.7. The molecule has 1 heteroatoms. The zero-order valence-electron chi connectivity index (χ0n) is 9.37. The Kier molecular flexibility index (Phi) is 3.22. The van der Waals surface area contributed by atoms with Crippen LogP contribution in [0, 0.1) is 6.92 Å². The van der Waals surface area contributed by atoms with Gasteiger partial charge in [0.25, 0.3) is 0 Å². The molecule has 2 rings (SSSR count). The summed E-state index contributed by atoms with van der Waals surface area (Å²) in [6.45, 7) is 2.11. The molecule has 1 atom stereocenters. The van der Waals surface area contributed by atoms with Crippen LogP contribution in [-0.2, 0) is 0 Å². The van der Waals surface area contributed by atoms with Crippen LogP contribution in [0.5, 0.6) is 0 Å². The molecule has 0 bridgehead atoms. The Morgan fingerprint density at radius 3 is 2.47 bits per heavy atom. The standard InChI is InChI=1S/C14H19N/c1-11-7-9-13(10-8-11)14(15)12-5-3-2-4-6-12/h5,7-10,14H,2-4,6,15H2,1H3. The van der Waals surface area contributed by atoms with E-state index in [1.807, 2.05) is 0 Å². The summed E-state index contributed by atoms with van der Waals surface area (Å²) in [4.78, 5) is 0. The van der Waals surface area contributed by atoms with Gasteiger partial charge in [-0.2, -0.15) is 0 Å². The second kappa shape index (κ2) is 4.63. The lowest BCUT2D eigenvalue weighted by molar-refractivity contribution is 0.648. The fourth-order valence-corrected chi connectivity index (χ4v) is 2.13. The van der Waals surface area contributed by atoms with E-state index >= 15 is 0 Å². The largest absolute Gasteiger partial charge is 0.321 e. The first-order valence-corrected chi connectivity index (χ1v) is 5.78. The maximum atomic E-state index is 6.25. The Balaban J connectivity index is 2.16. The fraction of sp³-hybridized carbons (Fsp3) is 0.429. The van der Waals surface area contributed by atoms with Crippen molar-refractivity contribution in [1.82, 2.24) is 0 Å². The first kappa shape index (κ1) is 10.4. The van der Waals surface area contributed by atoms with Crippen LogP contribution in [-0.4, -0.2) is 0 Å². The molecular formula is C14H19N. The fourth-order valence-electron chi connectivity index (χ4n) is 2.13. The first-order chi connectivity index (χ1) is 7.27. The molecule has 0 aromatic heterocycles. The molecule has 80 valence electrons. The maximum absolute atomic E-state index is 6.25. The minimum atomic E-state index is 0.117. The Hall–Kier alpha value is -1.08. The Morgan fingerprint density at radius 2 is 1.87 bits per heavy atom. The lowest BCUT2D eigenvalue weighted by atomic mass is 9.90. The summed E-state index contributed by atoms with van der Waals surface area (Å²) in [5.41, 5.74) is 10.2. The Morgan fingerprint density at radius 1 is 1.13 bits per heavy atom. The number of nitrogens with two attached hydrogens (primary N) is 1. The van der Waals surface area contributed by atoms with Crippen molar-refractivity contribution in [2.24, 2.45) is 5.73 Å². The van der Waals surface area contributed by atoms with Gasteiger partial charge in [0.1, 0.15) is 0 Å². The molecule has 1 aromatic carbocycles. The van der Waals surface area contributed by atoms with Gasteiger partial charge in [-0.05, 0) is 38.2 Å². The second-order valence-corrected chi connectivity index (χ2v) is 4.41. The lowest BCUT2D eigenvalue weighted by Crippen LogP contribution is -2.14. The highest BCUT2D eigenvalue weighted by Crippen LogP contribution is 2.27. The smallest absolute Gasteiger partial charge is 0.0510 e. The summed E-state index contributed by atoms with van der Waals surface area (Å²) in [5.74, 6) is 0. The maximum Gasteiger partial charge on any atom is 0.0510 e. The van der Waals surface area contributed by atoms with E-state index in [0.717, 1.165) is 0 Å². The van der Waals surface area contributed by atoms with Crippen LogP contribution >= 0.6 is 0 Å². The van der Waals surface area contributed by atoms with Crippen molar-refractivity contribution in [3.63, 3.8) is 0 Å². The number of hydrogen-bond acceptors (Lipinski definition) is 1. The van der Waals surface area contributed by atoms with Crippen LogP contribution in [0.15, 0.2) is 35.9 Å². The summed E-state index contributed by atoms with van der Waals surface area (Å²) in [6, 6.07) is 8.69. The van der Waals surface area contributed by atoms with Gasteiger partial charge in [0.15, 0.2) is 0 Å². The van der Waals surface area contributed by atoms with Crippen LogP contribution in [0.1, 0.15) is 42.9 Å². The third-order valence-electron chi connectivity index (χ3n) is 3.16. The third-order valence-corrected chi connectivity index (χ3v) is 3.16. The summed E-state index contributed by atoms with van der Waals surface area (Å²) in [7, 11) is 0. The van der Waals surface area contributed by atoms with Crippen molar-refractivity contribution in [2.75, 3.05) is 0 Å². The van der Waals surface area contributed by atoms with Crippen molar-refractivity contribution in [3.05, 3.63) is 47.0 Å². The molecule has 1 aromatic rings. The normalized spacial score (nSPS) is 18.4. The molecule has 0 amide bonds. The highest BCUT2D eigenvalue weighted by atomic mass is 14.6. The van der Waals surface area contributed by atoms with Gasteiger partial charge in [-0.3, -0.25) is 0 Å². The van der Waals surface area contributed by atoms with Crippen molar-refractivity contribution in [2.45, 2.75) is 38.6 Å². The van der Waals surface area contributed by atoms with Gasteiger partial charge in [0.05, 0.1) is 6.04 Å². The van der Waals surface area contributed by atoms with Gasteiger partial charge < -0.3 is 5.73 Å². The van der Waals surface area contributed by atoms with E-state index in [0.29, 0.717) is 0 Å². The molecule has 0 heterocycles. The van der Waals surface area contributed by atoms with E-state index in [1.165, 1.54) is 42.4 Å². The number of allylic oxidation sites excluding steroid dienone is 1. The van der Waals surface area contributed by atoms with E-state index < -0.39 is 0 Å². The SMILES string of the molecule is Cc1ccc(C(N)C2=CCCCC2)cc1. The molecule has 1 unspecified atom stereocenters. The summed E-state index contributed by atoms with van der Waals surface area (Å²) in [6.07, 6.45) is 7.33. The van der Waals surface area contributed by atoms with Crippen molar-refractivity contribution in [3.8, 4) is 0 Å². The summed E-state index contributed by atoms with van der Waals surface area (Å²) >= 11 is 0. The van der Waals surface area contributed by atoms with E-state index in [9.17, 15) is 0 Å². The van der Waals surface area contributed by atoms with Gasteiger partial charge in [0, 0.05) is 0 Å². The van der Waals surface area contributed by atoms with Gasteiger partial charge in [-0.15, -0.1) is 0 Å². The molecule has 1 nitrogen and oxygen atoms in total. The lowest BCUT2D eigenvalue weighted by Gasteiger charge is -2.20. The second-order valence-electron chi connectivity index (χ2n) is 4.41. The minimum absolute atomic E-state index is 0.117. The molecule has 1 aliphatic carbocycles. The van der Waals surface area contributed by atoms with E-state index in [2.05, 4.69) is 37.3 Å². The van der Waals surface area contributed by atoms with Gasteiger partial charge in [-0.25, -0.2) is 0 Å². The average molecular weight is 201 g/mol. The first-order valence-electron chi connectivity index (χ1n) is 5.78. The van der Waals surface area contributed by atoms with Crippen LogP contribution in [0.4, 0.5) is 0 Å². The van der Waals surface area contributed by atoms with Crippen LogP contribution < -0.4 is 5.73 Å². The van der Waals surface area contributed by atoms with Crippen molar-refractivity contribution in [1.29, 1.82) is 0 Å². The van der Waals surface area contributed by atoms with Crippen molar-refractivity contribution >= 4 is 0 Å². The summed E-state index contributed by atoms with van der Waals surface area (Å²) < 4.78 is 0. The monoisotopic (exact) mass is 201 g/mol. The van der Waals surface area contributed by atoms with Crippen LogP contribution in [0.2, 0.25) is 0 Å². The van der Waals surface area contributed by atoms with Gasteiger partial charge in [0.2, 0.25) is 0 Å². The Bertz CT molecular complexity index is 348. The molecular weight excluding hydrogens is 182 g/mol. The predicted octanol–water partition coefficient (Wildman–Crippen LogP) is 3.50. The molecule has 15 heavy (non-hydrogen) atoms. The molecule has 0 aliphatic heterocycles. The molecule has 0 saturated carbocycles. The van der Waals surface area contributed by atoms with Crippen LogP contribution in [0.25, 0.3) is 0 Å².